The van der Waals surface area contributed by atoms with Crippen LogP contribution in [0.5, 0.6) is 11.5 Å². The molecule has 0 bridgehead atoms. The van der Waals surface area contributed by atoms with Gasteiger partial charge in [0.25, 0.3) is 0 Å². The first-order valence-electron chi connectivity index (χ1n) is 9.41. The molecule has 0 amide bonds. The van der Waals surface area contributed by atoms with Gasteiger partial charge in [-0.3, -0.25) is 4.79 Å². The largest absolute Gasteiger partial charge is 0.497 e. The smallest absolute Gasteiger partial charge is 0.171 e. The van der Waals surface area contributed by atoms with Crippen LogP contribution >= 0.6 is 0 Å². The molecule has 6 nitrogen and oxygen atoms in total. The first-order valence-corrected chi connectivity index (χ1v) is 9.41. The van der Waals surface area contributed by atoms with E-state index in [-0.39, 0.29) is 18.4 Å². The SMILES string of the molecule is COc1ccc(OC)c(C(=O)Cc2ccc(C=N)c(NC3CCCCO3)c2)c1. The van der Waals surface area contributed by atoms with Crippen molar-refractivity contribution in [3.8, 4) is 11.5 Å². The highest BCUT2D eigenvalue weighted by molar-refractivity contribution is 6.00. The number of carbonyl (C=O) groups excluding carboxylic acids is 1. The third-order valence-corrected chi connectivity index (χ3v) is 4.84. The number of hydrogen-bond acceptors (Lipinski definition) is 6. The van der Waals surface area contributed by atoms with Crippen LogP contribution in [0.3, 0.4) is 0 Å². The molecule has 2 aromatic rings. The van der Waals surface area contributed by atoms with Crippen molar-refractivity contribution in [3.05, 3.63) is 53.1 Å². The molecule has 28 heavy (non-hydrogen) atoms. The molecule has 0 aromatic heterocycles. The van der Waals surface area contributed by atoms with Crippen molar-refractivity contribution in [2.45, 2.75) is 31.9 Å². The highest BCUT2D eigenvalue weighted by Crippen LogP contribution is 2.27. The first-order chi connectivity index (χ1) is 13.6. The lowest BCUT2D eigenvalue weighted by molar-refractivity contribution is 0.0343. The maximum absolute atomic E-state index is 12.9. The Morgan fingerprint density at radius 2 is 2.07 bits per heavy atom. The van der Waals surface area contributed by atoms with Crippen molar-refractivity contribution in [1.82, 2.24) is 0 Å². The maximum Gasteiger partial charge on any atom is 0.171 e. The van der Waals surface area contributed by atoms with Gasteiger partial charge in [-0.25, -0.2) is 0 Å². The summed E-state index contributed by atoms with van der Waals surface area (Å²) in [6.07, 6.45) is 4.60. The van der Waals surface area contributed by atoms with Crippen LogP contribution in [0, 0.1) is 5.41 Å². The van der Waals surface area contributed by atoms with Crippen molar-refractivity contribution in [3.63, 3.8) is 0 Å². The molecule has 1 unspecified atom stereocenters. The van der Waals surface area contributed by atoms with Gasteiger partial charge in [0.2, 0.25) is 0 Å². The molecule has 1 aliphatic rings. The molecular formula is C22H26N2O4. The zero-order chi connectivity index (χ0) is 19.9. The van der Waals surface area contributed by atoms with Crippen LogP contribution in [0.2, 0.25) is 0 Å². The number of carbonyl (C=O) groups is 1. The van der Waals surface area contributed by atoms with Gasteiger partial charge in [0.1, 0.15) is 17.7 Å². The van der Waals surface area contributed by atoms with Crippen LogP contribution in [0.1, 0.15) is 40.7 Å². The van der Waals surface area contributed by atoms with Crippen molar-refractivity contribution in [2.75, 3.05) is 26.1 Å². The molecule has 3 rings (SSSR count). The Labute approximate surface area is 165 Å². The summed E-state index contributed by atoms with van der Waals surface area (Å²) in [6, 6.07) is 10.8. The summed E-state index contributed by atoms with van der Waals surface area (Å²) in [7, 11) is 3.11. The van der Waals surface area contributed by atoms with Crippen molar-refractivity contribution >= 4 is 17.7 Å². The van der Waals surface area contributed by atoms with E-state index in [1.54, 1.807) is 32.4 Å². The molecule has 1 fully saturated rings. The van der Waals surface area contributed by atoms with E-state index in [1.165, 1.54) is 6.21 Å². The van der Waals surface area contributed by atoms with Gasteiger partial charge in [0.05, 0.1) is 19.8 Å². The van der Waals surface area contributed by atoms with E-state index < -0.39 is 0 Å². The summed E-state index contributed by atoms with van der Waals surface area (Å²) < 4.78 is 16.3. The molecule has 0 radical (unpaired) electrons. The van der Waals surface area contributed by atoms with Gasteiger partial charge in [0, 0.05) is 30.5 Å². The minimum atomic E-state index is -0.0584. The molecule has 1 atom stereocenters. The second-order valence-corrected chi connectivity index (χ2v) is 6.73. The average molecular weight is 382 g/mol. The van der Waals surface area contributed by atoms with Gasteiger partial charge >= 0.3 is 0 Å². The lowest BCUT2D eigenvalue weighted by Gasteiger charge is -2.25. The second kappa shape index (κ2) is 9.37. The number of methoxy groups -OCH3 is 2. The third kappa shape index (κ3) is 4.70. The summed E-state index contributed by atoms with van der Waals surface area (Å²) in [6.45, 7) is 0.741. The molecular weight excluding hydrogens is 356 g/mol. The van der Waals surface area contributed by atoms with Gasteiger partial charge < -0.3 is 24.9 Å². The van der Waals surface area contributed by atoms with Crippen LogP contribution in [-0.2, 0) is 11.2 Å². The van der Waals surface area contributed by atoms with E-state index in [2.05, 4.69) is 5.32 Å². The molecule has 1 aliphatic heterocycles. The molecule has 1 saturated heterocycles. The van der Waals surface area contributed by atoms with Crippen LogP contribution in [0.4, 0.5) is 5.69 Å². The lowest BCUT2D eigenvalue weighted by Crippen LogP contribution is -2.27. The number of ketones is 1. The van der Waals surface area contributed by atoms with Crippen molar-refractivity contribution in [1.29, 1.82) is 5.41 Å². The standard InChI is InChI=1S/C22H26N2O4/c1-26-17-8-9-21(27-2)18(13-17)20(25)12-15-6-7-16(14-23)19(11-15)24-22-5-3-4-10-28-22/h6-9,11,13-14,22-24H,3-5,10,12H2,1-2H3. The van der Waals surface area contributed by atoms with E-state index in [0.717, 1.165) is 42.7 Å². The normalized spacial score (nSPS) is 16.3. The topological polar surface area (TPSA) is 80.6 Å². The predicted octanol–water partition coefficient (Wildman–Crippen LogP) is 4.07. The number of benzene rings is 2. The quantitative estimate of drug-likeness (QED) is 0.531. The van der Waals surface area contributed by atoms with Crippen LogP contribution < -0.4 is 14.8 Å². The van der Waals surface area contributed by atoms with E-state index in [4.69, 9.17) is 19.6 Å². The Hall–Kier alpha value is -2.86. The number of Topliss-reactive ketones (excluding diaryl/α,β-unsaturated/α-hetero) is 1. The molecule has 1 heterocycles. The summed E-state index contributed by atoms with van der Waals surface area (Å²) in [5.74, 6) is 1.08. The highest BCUT2D eigenvalue weighted by Gasteiger charge is 2.17. The Morgan fingerprint density at radius 3 is 2.75 bits per heavy atom. The predicted molar refractivity (Wildman–Crippen MR) is 109 cm³/mol. The van der Waals surface area contributed by atoms with Crippen LogP contribution in [0.25, 0.3) is 0 Å². The third-order valence-electron chi connectivity index (χ3n) is 4.84. The number of ether oxygens (including phenoxy) is 3. The summed E-state index contributed by atoms with van der Waals surface area (Å²) in [4.78, 5) is 12.9. The number of hydrogen-bond donors (Lipinski definition) is 2. The number of rotatable bonds is 8. The molecule has 2 N–H and O–H groups in total. The van der Waals surface area contributed by atoms with Gasteiger partial charge in [-0.1, -0.05) is 12.1 Å². The maximum atomic E-state index is 12.9. The number of anilines is 1. The number of nitrogens with one attached hydrogen (secondary N) is 2. The molecule has 148 valence electrons. The highest BCUT2D eigenvalue weighted by atomic mass is 16.5. The minimum Gasteiger partial charge on any atom is -0.497 e. The second-order valence-electron chi connectivity index (χ2n) is 6.73. The molecule has 0 spiro atoms. The molecule has 0 aliphatic carbocycles. The molecule has 2 aromatic carbocycles. The average Bonchev–Trinajstić information content (AvgIpc) is 2.74. The fourth-order valence-electron chi connectivity index (χ4n) is 3.30. The van der Waals surface area contributed by atoms with Gasteiger partial charge in [-0.2, -0.15) is 0 Å². The zero-order valence-electron chi connectivity index (χ0n) is 16.3. The lowest BCUT2D eigenvalue weighted by atomic mass is 10.00. The van der Waals surface area contributed by atoms with E-state index in [9.17, 15) is 4.79 Å². The Kier molecular flexibility index (Phi) is 6.66. The van der Waals surface area contributed by atoms with Crippen molar-refractivity contribution < 1.29 is 19.0 Å². The van der Waals surface area contributed by atoms with Crippen molar-refractivity contribution in [2.24, 2.45) is 0 Å². The zero-order valence-corrected chi connectivity index (χ0v) is 16.3. The van der Waals surface area contributed by atoms with Gasteiger partial charge in [-0.05, 0) is 49.1 Å². The van der Waals surface area contributed by atoms with Gasteiger partial charge in [0.15, 0.2) is 5.78 Å². The minimum absolute atomic E-state index is 0.0572. The Balaban J connectivity index is 1.81. The Morgan fingerprint density at radius 1 is 1.21 bits per heavy atom. The summed E-state index contributed by atoms with van der Waals surface area (Å²) in [5, 5.41) is 11.0. The monoisotopic (exact) mass is 382 g/mol. The molecule has 6 heteroatoms. The van der Waals surface area contributed by atoms with Gasteiger partial charge in [-0.15, -0.1) is 0 Å². The van der Waals surface area contributed by atoms with E-state index in [1.807, 2.05) is 18.2 Å². The fourth-order valence-corrected chi connectivity index (χ4v) is 3.30. The fraction of sp³-hybridized carbons (Fsp3) is 0.364. The first kappa shape index (κ1) is 19.9. The Bertz CT molecular complexity index is 844. The van der Waals surface area contributed by atoms with Crippen LogP contribution in [-0.4, -0.2) is 39.1 Å². The van der Waals surface area contributed by atoms with Crippen LogP contribution in [0.15, 0.2) is 36.4 Å². The van der Waals surface area contributed by atoms with E-state index in [0.29, 0.717) is 17.1 Å². The summed E-state index contributed by atoms with van der Waals surface area (Å²) >= 11 is 0. The molecule has 0 saturated carbocycles. The summed E-state index contributed by atoms with van der Waals surface area (Å²) in [5.41, 5.74) is 2.93. The van der Waals surface area contributed by atoms with E-state index >= 15 is 0 Å².